The molecular formula is C19H24BrN. The second-order valence-corrected chi connectivity index (χ2v) is 5.78. The maximum Gasteiger partial charge on any atom is 0.0240 e. The third-order valence-corrected chi connectivity index (χ3v) is 4.23. The maximum absolute atomic E-state index is 2.60. The number of rotatable bonds is 3. The Hall–Kier alpha value is -1.12. The Bertz CT molecular complexity index is 532. The first kappa shape index (κ1) is 16.3. The van der Waals surface area contributed by atoms with Crippen LogP contribution in [0.4, 0.5) is 0 Å². The average molecular weight is 346 g/mol. The third-order valence-electron chi connectivity index (χ3n) is 4.23. The molecule has 0 bridgehead atoms. The van der Waals surface area contributed by atoms with Crippen LogP contribution in [0.15, 0.2) is 48.5 Å². The molecule has 1 aliphatic heterocycles. The van der Waals surface area contributed by atoms with E-state index in [0.29, 0.717) is 0 Å². The monoisotopic (exact) mass is 345 g/mol. The van der Waals surface area contributed by atoms with Gasteiger partial charge in [-0.15, -0.1) is 17.0 Å². The minimum absolute atomic E-state index is 0. The van der Waals surface area contributed by atoms with Gasteiger partial charge in [-0.1, -0.05) is 61.9 Å². The Kier molecular flexibility index (Phi) is 6.01. The fourth-order valence-corrected chi connectivity index (χ4v) is 3.05. The van der Waals surface area contributed by atoms with Gasteiger partial charge in [0.25, 0.3) is 0 Å². The van der Waals surface area contributed by atoms with E-state index in [4.69, 9.17) is 0 Å². The molecule has 2 heteroatoms. The lowest BCUT2D eigenvalue weighted by Gasteiger charge is -2.27. The summed E-state index contributed by atoms with van der Waals surface area (Å²) in [6, 6.07) is 17.8. The van der Waals surface area contributed by atoms with E-state index in [2.05, 4.69) is 60.4 Å². The molecule has 0 fully saturated rings. The molecule has 0 amide bonds. The van der Waals surface area contributed by atoms with Crippen LogP contribution >= 0.6 is 17.0 Å². The van der Waals surface area contributed by atoms with Crippen molar-refractivity contribution in [3.05, 3.63) is 70.8 Å². The van der Waals surface area contributed by atoms with Crippen LogP contribution < -0.4 is 0 Å². The summed E-state index contributed by atoms with van der Waals surface area (Å²) in [6.45, 7) is 5.64. The maximum atomic E-state index is 2.60. The Labute approximate surface area is 138 Å². The summed E-state index contributed by atoms with van der Waals surface area (Å²) >= 11 is 0. The molecule has 2 aromatic rings. The van der Waals surface area contributed by atoms with Gasteiger partial charge >= 0.3 is 0 Å². The van der Waals surface area contributed by atoms with Gasteiger partial charge in [-0.05, 0) is 41.6 Å². The molecule has 0 aromatic heterocycles. The van der Waals surface area contributed by atoms with E-state index < -0.39 is 0 Å². The van der Waals surface area contributed by atoms with Gasteiger partial charge in [0.2, 0.25) is 0 Å². The lowest BCUT2D eigenvalue weighted by Crippen LogP contribution is -2.26. The molecular weight excluding hydrogens is 322 g/mol. The molecule has 21 heavy (non-hydrogen) atoms. The number of nitrogens with zero attached hydrogens (tertiary/aromatic N) is 1. The van der Waals surface area contributed by atoms with Gasteiger partial charge in [-0.25, -0.2) is 0 Å². The van der Waals surface area contributed by atoms with Crippen LogP contribution in [0.3, 0.4) is 0 Å². The lowest BCUT2D eigenvalue weighted by molar-refractivity contribution is 0.249. The highest BCUT2D eigenvalue weighted by atomic mass is 79.9. The molecule has 0 unspecified atom stereocenters. The molecule has 1 nitrogen and oxygen atoms in total. The van der Waals surface area contributed by atoms with Crippen LogP contribution in [0, 0.1) is 0 Å². The highest BCUT2D eigenvalue weighted by Crippen LogP contribution is 2.24. The van der Waals surface area contributed by atoms with Crippen molar-refractivity contribution in [3.8, 4) is 0 Å². The first-order valence-corrected chi connectivity index (χ1v) is 7.72. The fourth-order valence-electron chi connectivity index (χ4n) is 3.05. The summed E-state index contributed by atoms with van der Waals surface area (Å²) in [5.41, 5.74) is 5.97. The molecule has 0 aliphatic carbocycles. The first-order chi connectivity index (χ1) is 9.86. The summed E-state index contributed by atoms with van der Waals surface area (Å²) in [5.74, 6) is 0. The second kappa shape index (κ2) is 7.77. The zero-order valence-corrected chi connectivity index (χ0v) is 14.4. The first-order valence-electron chi connectivity index (χ1n) is 7.72. The van der Waals surface area contributed by atoms with Crippen molar-refractivity contribution >= 4 is 17.0 Å². The largest absolute Gasteiger partial charge is 0.295 e. The number of fused-ring (bicyclic) bond motifs is 2. The average Bonchev–Trinajstić information content (AvgIpc) is 2.46. The number of benzene rings is 2. The van der Waals surface area contributed by atoms with E-state index in [0.717, 1.165) is 19.5 Å². The number of hydrogen-bond donors (Lipinski definition) is 0. The van der Waals surface area contributed by atoms with Crippen LogP contribution in [-0.4, -0.2) is 11.4 Å². The van der Waals surface area contributed by atoms with Crippen molar-refractivity contribution in [2.75, 3.05) is 6.54 Å². The zero-order valence-electron chi connectivity index (χ0n) is 12.7. The van der Waals surface area contributed by atoms with Crippen LogP contribution in [0.25, 0.3) is 0 Å². The number of hydrogen-bond acceptors (Lipinski definition) is 1. The Morgan fingerprint density at radius 3 is 1.76 bits per heavy atom. The van der Waals surface area contributed by atoms with Gasteiger partial charge in [0, 0.05) is 13.1 Å². The van der Waals surface area contributed by atoms with Crippen LogP contribution in [0.5, 0.6) is 0 Å². The Morgan fingerprint density at radius 2 is 1.29 bits per heavy atom. The minimum atomic E-state index is 0. The Morgan fingerprint density at radius 1 is 0.810 bits per heavy atom. The summed E-state index contributed by atoms with van der Waals surface area (Å²) in [4.78, 5) is 2.60. The summed E-state index contributed by atoms with van der Waals surface area (Å²) in [5, 5.41) is 0. The van der Waals surface area contributed by atoms with Gasteiger partial charge in [-0.3, -0.25) is 4.90 Å². The number of unbranched alkanes of at least 4 members (excludes halogenated alkanes) is 1. The molecule has 3 rings (SSSR count). The standard InChI is InChI=1S/C19H23N.BrH/c1-2-3-12-20-14-18-10-6-4-8-16(18)13-17-9-5-7-11-19(17)15-20;/h4-11H,2-3,12-15H2,1H3;1H. The fraction of sp³-hybridized carbons (Fsp3) is 0.368. The van der Waals surface area contributed by atoms with Crippen molar-refractivity contribution in [2.24, 2.45) is 0 Å². The lowest BCUT2D eigenvalue weighted by atomic mass is 9.93. The van der Waals surface area contributed by atoms with E-state index in [1.54, 1.807) is 0 Å². The van der Waals surface area contributed by atoms with E-state index in [9.17, 15) is 0 Å². The predicted octanol–water partition coefficient (Wildman–Crippen LogP) is 4.97. The topological polar surface area (TPSA) is 3.24 Å². The molecule has 0 saturated heterocycles. The molecule has 0 radical (unpaired) electrons. The van der Waals surface area contributed by atoms with Crippen molar-refractivity contribution < 1.29 is 0 Å². The normalized spacial score (nSPS) is 14.3. The van der Waals surface area contributed by atoms with Crippen molar-refractivity contribution in [1.29, 1.82) is 0 Å². The quantitative estimate of drug-likeness (QED) is 0.758. The minimum Gasteiger partial charge on any atom is -0.295 e. The summed E-state index contributed by atoms with van der Waals surface area (Å²) < 4.78 is 0. The molecule has 1 heterocycles. The molecule has 0 spiro atoms. The third kappa shape index (κ3) is 3.96. The summed E-state index contributed by atoms with van der Waals surface area (Å²) in [7, 11) is 0. The smallest absolute Gasteiger partial charge is 0.0240 e. The second-order valence-electron chi connectivity index (χ2n) is 5.78. The van der Waals surface area contributed by atoms with E-state index in [1.165, 1.54) is 41.6 Å². The van der Waals surface area contributed by atoms with E-state index in [1.807, 2.05) is 0 Å². The molecule has 1 aliphatic rings. The van der Waals surface area contributed by atoms with Crippen LogP contribution in [0.2, 0.25) is 0 Å². The summed E-state index contributed by atoms with van der Waals surface area (Å²) in [6.07, 6.45) is 3.62. The molecule has 112 valence electrons. The zero-order chi connectivity index (χ0) is 13.8. The molecule has 0 atom stereocenters. The van der Waals surface area contributed by atoms with Gasteiger partial charge in [0.15, 0.2) is 0 Å². The van der Waals surface area contributed by atoms with Crippen molar-refractivity contribution in [2.45, 2.75) is 39.3 Å². The SMILES string of the molecule is Br.CCCCN1Cc2ccccc2Cc2ccccc2C1. The molecule has 0 saturated carbocycles. The number of halogens is 1. The van der Waals surface area contributed by atoms with Crippen LogP contribution in [0.1, 0.15) is 42.0 Å². The van der Waals surface area contributed by atoms with Gasteiger partial charge in [-0.2, -0.15) is 0 Å². The van der Waals surface area contributed by atoms with E-state index >= 15 is 0 Å². The van der Waals surface area contributed by atoms with Gasteiger partial charge in [0.05, 0.1) is 0 Å². The van der Waals surface area contributed by atoms with Crippen molar-refractivity contribution in [1.82, 2.24) is 4.90 Å². The Balaban J connectivity index is 0.00000161. The highest BCUT2D eigenvalue weighted by Gasteiger charge is 2.15. The van der Waals surface area contributed by atoms with Gasteiger partial charge < -0.3 is 0 Å². The highest BCUT2D eigenvalue weighted by molar-refractivity contribution is 8.93. The van der Waals surface area contributed by atoms with E-state index in [-0.39, 0.29) is 17.0 Å². The van der Waals surface area contributed by atoms with Crippen molar-refractivity contribution in [3.63, 3.8) is 0 Å². The predicted molar refractivity (Wildman–Crippen MR) is 95.0 cm³/mol. The van der Waals surface area contributed by atoms with Crippen LogP contribution in [-0.2, 0) is 19.5 Å². The van der Waals surface area contributed by atoms with Gasteiger partial charge in [0.1, 0.15) is 0 Å². The molecule has 2 aromatic carbocycles. The molecule has 0 N–H and O–H groups in total.